The molecule has 1 unspecified atom stereocenters. The zero-order valence-electron chi connectivity index (χ0n) is 17.1. The van der Waals surface area contributed by atoms with Gasteiger partial charge < -0.3 is 5.32 Å². The highest BCUT2D eigenvalue weighted by molar-refractivity contribution is 9.10. The molecule has 2 aromatic rings. The van der Waals surface area contributed by atoms with Gasteiger partial charge in [0.2, 0.25) is 5.91 Å². The normalized spacial score (nSPS) is 18.1. The van der Waals surface area contributed by atoms with Gasteiger partial charge in [-0.15, -0.1) is 0 Å². The number of fused-ring (bicyclic) bond motifs is 1. The maximum atomic E-state index is 12.9. The van der Waals surface area contributed by atoms with Crippen LogP contribution < -0.4 is 15.6 Å². The Hall–Kier alpha value is -3.17. The predicted octanol–water partition coefficient (Wildman–Crippen LogP) is 3.60. The van der Waals surface area contributed by atoms with Gasteiger partial charge in [0.1, 0.15) is 6.54 Å². The quantitative estimate of drug-likeness (QED) is 0.680. The molecule has 0 aromatic heterocycles. The van der Waals surface area contributed by atoms with Gasteiger partial charge in [-0.25, -0.2) is 9.80 Å². The Balaban J connectivity index is 1.40. The molecule has 1 atom stereocenters. The van der Waals surface area contributed by atoms with E-state index < -0.39 is 12.2 Å². The summed E-state index contributed by atoms with van der Waals surface area (Å²) in [6.45, 7) is 3.97. The molecule has 2 N–H and O–H groups in total. The molecule has 0 aliphatic carbocycles. The van der Waals surface area contributed by atoms with Gasteiger partial charge in [-0.05, 0) is 47.9 Å². The highest BCUT2D eigenvalue weighted by atomic mass is 79.9. The van der Waals surface area contributed by atoms with Gasteiger partial charge in [0, 0.05) is 28.2 Å². The number of rotatable bonds is 5. The number of hydrogen-bond acceptors (Lipinski definition) is 4. The van der Waals surface area contributed by atoms with E-state index in [-0.39, 0.29) is 18.4 Å². The molecule has 31 heavy (non-hydrogen) atoms. The molecule has 2 aliphatic rings. The van der Waals surface area contributed by atoms with E-state index >= 15 is 0 Å². The summed E-state index contributed by atoms with van der Waals surface area (Å²) in [5, 5.41) is 3.93. The molecule has 0 bridgehead atoms. The van der Waals surface area contributed by atoms with Crippen LogP contribution in [0.15, 0.2) is 65.4 Å². The van der Waals surface area contributed by atoms with Crippen LogP contribution in [0.25, 0.3) is 0 Å². The molecule has 2 heterocycles. The molecule has 9 heteroatoms. The van der Waals surface area contributed by atoms with Crippen molar-refractivity contribution in [3.8, 4) is 0 Å². The van der Waals surface area contributed by atoms with Crippen LogP contribution in [-0.4, -0.2) is 40.5 Å². The fraction of sp³-hybridized carbons (Fsp3) is 0.227. The Morgan fingerprint density at radius 1 is 1.06 bits per heavy atom. The molecule has 4 amide bonds. The highest BCUT2D eigenvalue weighted by Crippen LogP contribution is 2.25. The van der Waals surface area contributed by atoms with Crippen LogP contribution in [0.1, 0.15) is 25.3 Å². The van der Waals surface area contributed by atoms with Crippen LogP contribution in [-0.2, 0) is 9.59 Å². The molecule has 2 aromatic carbocycles. The van der Waals surface area contributed by atoms with Crippen LogP contribution in [0.4, 0.5) is 16.2 Å². The molecule has 0 saturated carbocycles. The van der Waals surface area contributed by atoms with Crippen LogP contribution >= 0.6 is 15.9 Å². The van der Waals surface area contributed by atoms with E-state index in [4.69, 9.17) is 0 Å². The lowest BCUT2D eigenvalue weighted by atomic mass is 10.0. The maximum Gasteiger partial charge on any atom is 0.340 e. The van der Waals surface area contributed by atoms with Crippen molar-refractivity contribution in [3.63, 3.8) is 0 Å². The first kappa shape index (κ1) is 21.1. The van der Waals surface area contributed by atoms with Crippen LogP contribution in [0.5, 0.6) is 0 Å². The Morgan fingerprint density at radius 2 is 1.74 bits per heavy atom. The summed E-state index contributed by atoms with van der Waals surface area (Å²) in [6, 6.07) is 14.4. The van der Waals surface area contributed by atoms with E-state index in [2.05, 4.69) is 40.5 Å². The minimum Gasteiger partial charge on any atom is -0.324 e. The molecule has 4 rings (SSSR count). The average Bonchev–Trinajstić information content (AvgIpc) is 3.06. The highest BCUT2D eigenvalue weighted by Gasteiger charge is 2.44. The van der Waals surface area contributed by atoms with Crippen molar-refractivity contribution >= 4 is 45.2 Å². The number of hydrazine groups is 1. The van der Waals surface area contributed by atoms with Crippen LogP contribution in [0, 0.1) is 0 Å². The number of anilines is 2. The smallest absolute Gasteiger partial charge is 0.324 e. The van der Waals surface area contributed by atoms with E-state index in [0.717, 1.165) is 9.48 Å². The van der Waals surface area contributed by atoms with Crippen molar-refractivity contribution in [2.45, 2.75) is 25.9 Å². The minimum atomic E-state index is -0.903. The van der Waals surface area contributed by atoms with E-state index in [0.29, 0.717) is 17.3 Å². The lowest BCUT2D eigenvalue weighted by Gasteiger charge is -2.29. The summed E-state index contributed by atoms with van der Waals surface area (Å²) < 4.78 is 0.900. The lowest BCUT2D eigenvalue weighted by Crippen LogP contribution is -2.52. The third kappa shape index (κ3) is 4.33. The summed E-state index contributed by atoms with van der Waals surface area (Å²) in [5.41, 5.74) is 5.34. The fourth-order valence-corrected chi connectivity index (χ4v) is 3.67. The summed E-state index contributed by atoms with van der Waals surface area (Å²) in [6.07, 6.45) is 2.17. The van der Waals surface area contributed by atoms with Gasteiger partial charge in [0.05, 0.1) is 0 Å². The molecule has 1 fully saturated rings. The topological polar surface area (TPSA) is 85.0 Å². The van der Waals surface area contributed by atoms with Gasteiger partial charge in [-0.2, -0.15) is 5.43 Å². The van der Waals surface area contributed by atoms with Gasteiger partial charge in [0.25, 0.3) is 5.91 Å². The minimum absolute atomic E-state index is 0.225. The van der Waals surface area contributed by atoms with E-state index in [1.165, 1.54) is 21.6 Å². The summed E-state index contributed by atoms with van der Waals surface area (Å²) in [5.74, 6) is -0.277. The van der Waals surface area contributed by atoms with Crippen molar-refractivity contribution in [1.29, 1.82) is 0 Å². The first-order valence-corrected chi connectivity index (χ1v) is 10.7. The molecular weight excluding hydrogens is 462 g/mol. The number of carbonyl (C=O) groups excluding carboxylic acids is 3. The molecule has 8 nitrogen and oxygen atoms in total. The first-order valence-electron chi connectivity index (χ1n) is 9.86. The SMILES string of the molecule is CC(C)c1ccc(NC(=O)CN2NC3C(=O)N(c4ccc(Br)cc4)C=CN3C2=O)cc1. The third-order valence-electron chi connectivity index (χ3n) is 5.12. The Bertz CT molecular complexity index is 1040. The average molecular weight is 484 g/mol. The molecule has 160 valence electrons. The zero-order valence-corrected chi connectivity index (χ0v) is 18.7. The number of urea groups is 1. The summed E-state index contributed by atoms with van der Waals surface area (Å²) in [7, 11) is 0. The van der Waals surface area contributed by atoms with Crippen molar-refractivity contribution in [2.75, 3.05) is 16.8 Å². The second kappa shape index (κ2) is 8.52. The third-order valence-corrected chi connectivity index (χ3v) is 5.65. The second-order valence-corrected chi connectivity index (χ2v) is 8.53. The number of nitrogens with zero attached hydrogens (tertiary/aromatic N) is 3. The summed E-state index contributed by atoms with van der Waals surface area (Å²) >= 11 is 3.37. The van der Waals surface area contributed by atoms with Crippen molar-refractivity contribution < 1.29 is 14.4 Å². The molecule has 0 spiro atoms. The number of nitrogens with one attached hydrogen (secondary N) is 2. The molecule has 1 saturated heterocycles. The summed E-state index contributed by atoms with van der Waals surface area (Å²) in [4.78, 5) is 40.8. The number of benzene rings is 2. The lowest BCUT2D eigenvalue weighted by molar-refractivity contribution is -0.123. The maximum absolute atomic E-state index is 12.9. The standard InChI is InChI=1S/C22H22BrN5O3/c1-14(2)15-3-7-17(8-4-15)24-19(29)13-28-22(31)27-12-11-26(21(30)20(27)25-28)18-9-5-16(23)6-10-18/h3-12,14,20,25H,13H2,1-2H3,(H,24,29). The fourth-order valence-electron chi connectivity index (χ4n) is 3.41. The number of amides is 4. The largest absolute Gasteiger partial charge is 0.340 e. The van der Waals surface area contributed by atoms with E-state index in [1.54, 1.807) is 18.3 Å². The molecule has 0 radical (unpaired) electrons. The Labute approximate surface area is 188 Å². The molecule has 2 aliphatic heterocycles. The van der Waals surface area contributed by atoms with Crippen LogP contribution in [0.3, 0.4) is 0 Å². The Kier molecular flexibility index (Phi) is 5.79. The van der Waals surface area contributed by atoms with Gasteiger partial charge >= 0.3 is 6.03 Å². The van der Waals surface area contributed by atoms with Crippen molar-refractivity contribution in [3.05, 3.63) is 71.0 Å². The number of carbonyl (C=O) groups is 3. The first-order chi connectivity index (χ1) is 14.8. The van der Waals surface area contributed by atoms with Crippen molar-refractivity contribution in [2.24, 2.45) is 0 Å². The second-order valence-electron chi connectivity index (χ2n) is 7.62. The molecular formula is C22H22BrN5O3. The van der Waals surface area contributed by atoms with E-state index in [9.17, 15) is 14.4 Å². The predicted molar refractivity (Wildman–Crippen MR) is 121 cm³/mol. The van der Waals surface area contributed by atoms with Gasteiger partial charge in [-0.3, -0.25) is 19.4 Å². The van der Waals surface area contributed by atoms with Gasteiger partial charge in [-0.1, -0.05) is 41.9 Å². The number of hydrogen-bond donors (Lipinski definition) is 2. The monoisotopic (exact) mass is 483 g/mol. The van der Waals surface area contributed by atoms with Crippen molar-refractivity contribution in [1.82, 2.24) is 15.3 Å². The Morgan fingerprint density at radius 3 is 2.39 bits per heavy atom. The van der Waals surface area contributed by atoms with E-state index in [1.807, 2.05) is 36.4 Å². The van der Waals surface area contributed by atoms with Gasteiger partial charge in [0.15, 0.2) is 6.17 Å². The zero-order chi connectivity index (χ0) is 22.1. The number of halogens is 1. The van der Waals surface area contributed by atoms with Crippen LogP contribution in [0.2, 0.25) is 0 Å².